The van der Waals surface area contributed by atoms with Gasteiger partial charge in [0, 0.05) is 23.3 Å². The summed E-state index contributed by atoms with van der Waals surface area (Å²) in [5.74, 6) is -0.452. The molecule has 0 unspecified atom stereocenters. The Hall–Kier alpha value is -3.97. The SMILES string of the molecule is Cc1cc(C)c2oc(-c3ccccc3Cl)c(OCC(=O)c3ccc([N+](=O)[O-])cc3)c(=O)c2c1. The number of nitro benzene ring substituents is 1. The summed E-state index contributed by atoms with van der Waals surface area (Å²) in [5.41, 5.74) is 2.20. The van der Waals surface area contributed by atoms with E-state index in [0.29, 0.717) is 21.6 Å². The van der Waals surface area contributed by atoms with Crippen LogP contribution >= 0.6 is 11.6 Å². The fraction of sp³-hybridized carbons (Fsp3) is 0.120. The third-order valence-electron chi connectivity index (χ3n) is 5.15. The summed E-state index contributed by atoms with van der Waals surface area (Å²) in [7, 11) is 0. The Labute approximate surface area is 193 Å². The molecule has 0 amide bonds. The van der Waals surface area contributed by atoms with Crippen molar-refractivity contribution in [3.05, 3.63) is 103 Å². The van der Waals surface area contributed by atoms with Gasteiger partial charge in [-0.1, -0.05) is 29.8 Å². The largest absolute Gasteiger partial charge is 0.478 e. The summed E-state index contributed by atoms with van der Waals surface area (Å²) in [5, 5.41) is 11.5. The molecule has 1 aromatic heterocycles. The number of hydrogen-bond donors (Lipinski definition) is 0. The first kappa shape index (κ1) is 22.2. The summed E-state index contributed by atoms with van der Waals surface area (Å²) >= 11 is 6.36. The van der Waals surface area contributed by atoms with E-state index in [0.717, 1.165) is 11.1 Å². The molecule has 33 heavy (non-hydrogen) atoms. The molecular weight excluding hydrogens is 446 g/mol. The first-order chi connectivity index (χ1) is 15.8. The first-order valence-electron chi connectivity index (χ1n) is 9.99. The van der Waals surface area contributed by atoms with Gasteiger partial charge in [0.25, 0.3) is 5.69 Å². The number of carbonyl (C=O) groups is 1. The van der Waals surface area contributed by atoms with Crippen LogP contribution in [0, 0.1) is 24.0 Å². The van der Waals surface area contributed by atoms with Gasteiger partial charge < -0.3 is 9.15 Å². The zero-order valence-electron chi connectivity index (χ0n) is 17.8. The predicted molar refractivity (Wildman–Crippen MR) is 125 cm³/mol. The van der Waals surface area contributed by atoms with E-state index in [1.165, 1.54) is 24.3 Å². The molecule has 0 aliphatic rings. The third kappa shape index (κ3) is 4.36. The van der Waals surface area contributed by atoms with Crippen molar-refractivity contribution in [3.8, 4) is 17.1 Å². The molecule has 0 spiro atoms. The van der Waals surface area contributed by atoms with Crippen LogP contribution in [-0.4, -0.2) is 17.3 Å². The number of nitrogens with zero attached hydrogens (tertiary/aromatic N) is 1. The molecule has 0 fully saturated rings. The summed E-state index contributed by atoms with van der Waals surface area (Å²) in [6.07, 6.45) is 0. The molecule has 0 aliphatic carbocycles. The minimum absolute atomic E-state index is 0.126. The second-order valence-electron chi connectivity index (χ2n) is 7.54. The number of carbonyl (C=O) groups excluding carboxylic acids is 1. The van der Waals surface area contributed by atoms with Crippen molar-refractivity contribution in [2.24, 2.45) is 0 Å². The van der Waals surface area contributed by atoms with E-state index >= 15 is 0 Å². The number of Topliss-reactive ketones (excluding diaryl/α,β-unsaturated/α-hetero) is 1. The first-order valence-corrected chi connectivity index (χ1v) is 10.4. The predicted octanol–water partition coefficient (Wildman–Crippen LogP) is 5.90. The molecule has 4 rings (SSSR count). The number of non-ortho nitro benzene ring substituents is 1. The lowest BCUT2D eigenvalue weighted by molar-refractivity contribution is -0.384. The molecule has 1 heterocycles. The smallest absolute Gasteiger partial charge is 0.269 e. The van der Waals surface area contributed by atoms with Crippen LogP contribution in [0.1, 0.15) is 21.5 Å². The van der Waals surface area contributed by atoms with Crippen molar-refractivity contribution >= 4 is 34.0 Å². The van der Waals surface area contributed by atoms with Gasteiger partial charge in [0.2, 0.25) is 11.2 Å². The maximum absolute atomic E-state index is 13.4. The monoisotopic (exact) mass is 463 g/mol. The highest BCUT2D eigenvalue weighted by Gasteiger charge is 2.22. The quantitative estimate of drug-likeness (QED) is 0.200. The van der Waals surface area contributed by atoms with Crippen molar-refractivity contribution in [1.82, 2.24) is 0 Å². The highest BCUT2D eigenvalue weighted by Crippen LogP contribution is 2.36. The highest BCUT2D eigenvalue weighted by atomic mass is 35.5. The Morgan fingerprint density at radius 2 is 1.79 bits per heavy atom. The van der Waals surface area contributed by atoms with Gasteiger partial charge in [0.1, 0.15) is 5.58 Å². The average molecular weight is 464 g/mol. The van der Waals surface area contributed by atoms with Gasteiger partial charge in [-0.25, -0.2) is 0 Å². The van der Waals surface area contributed by atoms with Crippen LogP contribution in [0.25, 0.3) is 22.3 Å². The second kappa shape index (κ2) is 8.88. The van der Waals surface area contributed by atoms with Gasteiger partial charge in [0.05, 0.1) is 15.3 Å². The van der Waals surface area contributed by atoms with Crippen molar-refractivity contribution in [1.29, 1.82) is 0 Å². The lowest BCUT2D eigenvalue weighted by Crippen LogP contribution is -2.17. The maximum Gasteiger partial charge on any atom is 0.269 e. The fourth-order valence-electron chi connectivity index (χ4n) is 3.58. The molecule has 3 aromatic carbocycles. The number of nitro groups is 1. The standard InChI is InChI=1S/C25H18ClNO6/c1-14-11-15(2)23-19(12-14)22(29)25(24(33-23)18-5-3-4-6-20(18)26)32-13-21(28)16-7-9-17(10-8-16)27(30)31/h3-12H,13H2,1-2H3. The lowest BCUT2D eigenvalue weighted by Gasteiger charge is -2.13. The Balaban J connectivity index is 1.78. The van der Waals surface area contributed by atoms with E-state index in [9.17, 15) is 19.7 Å². The second-order valence-corrected chi connectivity index (χ2v) is 7.95. The fourth-order valence-corrected chi connectivity index (χ4v) is 3.80. The van der Waals surface area contributed by atoms with E-state index < -0.39 is 22.7 Å². The van der Waals surface area contributed by atoms with Gasteiger partial charge in [-0.3, -0.25) is 19.7 Å². The van der Waals surface area contributed by atoms with Crippen LogP contribution < -0.4 is 10.2 Å². The molecule has 7 nitrogen and oxygen atoms in total. The average Bonchev–Trinajstić information content (AvgIpc) is 2.79. The van der Waals surface area contributed by atoms with Crippen LogP contribution in [0.4, 0.5) is 5.69 Å². The Morgan fingerprint density at radius 3 is 2.45 bits per heavy atom. The lowest BCUT2D eigenvalue weighted by atomic mass is 10.1. The van der Waals surface area contributed by atoms with Gasteiger partial charge in [-0.2, -0.15) is 0 Å². The third-order valence-corrected chi connectivity index (χ3v) is 5.48. The van der Waals surface area contributed by atoms with Crippen LogP contribution in [0.5, 0.6) is 5.75 Å². The van der Waals surface area contributed by atoms with Crippen molar-refractivity contribution in [2.75, 3.05) is 6.61 Å². The van der Waals surface area contributed by atoms with Crippen LogP contribution in [0.3, 0.4) is 0 Å². The number of fused-ring (bicyclic) bond motifs is 1. The minimum atomic E-state index is -0.551. The van der Waals surface area contributed by atoms with Crippen molar-refractivity contribution in [3.63, 3.8) is 0 Å². The zero-order valence-corrected chi connectivity index (χ0v) is 18.5. The van der Waals surface area contributed by atoms with Gasteiger partial charge in [-0.15, -0.1) is 0 Å². The Kier molecular flexibility index (Phi) is 5.98. The van der Waals surface area contributed by atoms with E-state index in [1.807, 2.05) is 19.9 Å². The molecule has 0 aliphatic heterocycles. The summed E-state index contributed by atoms with van der Waals surface area (Å²) < 4.78 is 11.8. The topological polar surface area (TPSA) is 99.7 Å². The molecule has 0 radical (unpaired) electrons. The summed E-state index contributed by atoms with van der Waals surface area (Å²) in [6, 6.07) is 15.6. The molecule has 0 bridgehead atoms. The Bertz CT molecular complexity index is 1460. The molecular formula is C25H18ClNO6. The molecule has 0 N–H and O–H groups in total. The summed E-state index contributed by atoms with van der Waals surface area (Å²) in [6.45, 7) is 3.25. The summed E-state index contributed by atoms with van der Waals surface area (Å²) in [4.78, 5) is 36.3. The number of hydrogen-bond acceptors (Lipinski definition) is 6. The van der Waals surface area contributed by atoms with E-state index in [-0.39, 0.29) is 22.8 Å². The van der Waals surface area contributed by atoms with E-state index in [1.54, 1.807) is 30.3 Å². The van der Waals surface area contributed by atoms with E-state index in [2.05, 4.69) is 0 Å². The molecule has 4 aromatic rings. The van der Waals surface area contributed by atoms with Crippen LogP contribution in [-0.2, 0) is 0 Å². The molecule has 0 saturated heterocycles. The van der Waals surface area contributed by atoms with Crippen molar-refractivity contribution in [2.45, 2.75) is 13.8 Å². The minimum Gasteiger partial charge on any atom is -0.478 e. The zero-order chi connectivity index (χ0) is 23.7. The molecule has 166 valence electrons. The molecule has 8 heteroatoms. The number of halogens is 1. The number of ether oxygens (including phenoxy) is 1. The van der Waals surface area contributed by atoms with Crippen LogP contribution in [0.2, 0.25) is 5.02 Å². The Morgan fingerprint density at radius 1 is 1.09 bits per heavy atom. The highest BCUT2D eigenvalue weighted by molar-refractivity contribution is 6.33. The van der Waals surface area contributed by atoms with Crippen molar-refractivity contribution < 1.29 is 18.9 Å². The van der Waals surface area contributed by atoms with Gasteiger partial charge in [0.15, 0.2) is 18.2 Å². The van der Waals surface area contributed by atoms with Gasteiger partial charge >= 0.3 is 0 Å². The molecule has 0 saturated carbocycles. The number of aryl methyl sites for hydroxylation is 2. The van der Waals surface area contributed by atoms with Gasteiger partial charge in [-0.05, 0) is 55.3 Å². The van der Waals surface area contributed by atoms with Crippen LogP contribution in [0.15, 0.2) is 69.9 Å². The maximum atomic E-state index is 13.4. The normalized spacial score (nSPS) is 10.9. The number of rotatable bonds is 6. The molecule has 0 atom stereocenters. The number of benzene rings is 3. The number of ketones is 1. The van der Waals surface area contributed by atoms with E-state index in [4.69, 9.17) is 20.8 Å².